The molecule has 0 aliphatic carbocycles. The molecule has 0 spiro atoms. The van der Waals surface area contributed by atoms with Crippen molar-refractivity contribution in [3.63, 3.8) is 0 Å². The molecule has 0 aliphatic heterocycles. The molecule has 0 saturated heterocycles. The molecule has 0 unspecified atom stereocenters. The third-order valence-electron chi connectivity index (χ3n) is 2.31. The van der Waals surface area contributed by atoms with E-state index < -0.39 is 5.91 Å². The van der Waals surface area contributed by atoms with E-state index in [1.54, 1.807) is 18.2 Å². The lowest BCUT2D eigenvalue weighted by Gasteiger charge is -2.08. The van der Waals surface area contributed by atoms with Crippen molar-refractivity contribution in [1.29, 1.82) is 5.26 Å². The van der Waals surface area contributed by atoms with Crippen LogP contribution in [0.1, 0.15) is 15.9 Å². The number of hydrogen-bond acceptors (Lipinski definition) is 4. The molecule has 0 fully saturated rings. The SMILES string of the molecule is N#Cc1ccc(NC(=O)c2cc(Cl)nnc2Cl)c(Br)c1. The van der Waals surface area contributed by atoms with Crippen LogP contribution in [0.25, 0.3) is 0 Å². The van der Waals surface area contributed by atoms with Gasteiger partial charge in [0.1, 0.15) is 0 Å². The molecule has 2 rings (SSSR count). The zero-order valence-electron chi connectivity index (χ0n) is 9.69. The van der Waals surface area contributed by atoms with E-state index in [0.717, 1.165) is 0 Å². The third kappa shape index (κ3) is 3.25. The fourth-order valence-electron chi connectivity index (χ4n) is 1.39. The standard InChI is InChI=1S/C12H5BrCl2N4O/c13-8-3-6(5-16)1-2-9(8)17-12(20)7-4-10(14)18-19-11(7)15/h1-4H,(H,17,20). The molecule has 1 heterocycles. The number of rotatable bonds is 2. The van der Waals surface area contributed by atoms with Crippen molar-refractivity contribution in [1.82, 2.24) is 10.2 Å². The summed E-state index contributed by atoms with van der Waals surface area (Å²) in [6, 6.07) is 8.10. The van der Waals surface area contributed by atoms with E-state index >= 15 is 0 Å². The summed E-state index contributed by atoms with van der Waals surface area (Å²) in [6.07, 6.45) is 0. The summed E-state index contributed by atoms with van der Waals surface area (Å²) in [4.78, 5) is 12.1. The zero-order chi connectivity index (χ0) is 14.7. The molecule has 1 aromatic heterocycles. The van der Waals surface area contributed by atoms with Crippen molar-refractivity contribution in [2.24, 2.45) is 0 Å². The fourth-order valence-corrected chi connectivity index (χ4v) is 2.19. The second-order valence-corrected chi connectivity index (χ2v) is 5.23. The van der Waals surface area contributed by atoms with Gasteiger partial charge in [0.25, 0.3) is 5.91 Å². The van der Waals surface area contributed by atoms with E-state index in [0.29, 0.717) is 15.7 Å². The van der Waals surface area contributed by atoms with Crippen LogP contribution in [0.2, 0.25) is 10.3 Å². The number of carbonyl (C=O) groups excluding carboxylic acids is 1. The fraction of sp³-hybridized carbons (Fsp3) is 0. The molecule has 2 aromatic rings. The Morgan fingerprint density at radius 3 is 2.70 bits per heavy atom. The molecule has 0 atom stereocenters. The van der Waals surface area contributed by atoms with Gasteiger partial charge in [-0.1, -0.05) is 23.2 Å². The molecular weight excluding hydrogens is 367 g/mol. The lowest BCUT2D eigenvalue weighted by atomic mass is 10.2. The van der Waals surface area contributed by atoms with Gasteiger partial charge in [-0.2, -0.15) is 5.26 Å². The van der Waals surface area contributed by atoms with Gasteiger partial charge in [0.2, 0.25) is 0 Å². The zero-order valence-corrected chi connectivity index (χ0v) is 12.8. The van der Waals surface area contributed by atoms with Gasteiger partial charge in [0.05, 0.1) is 22.9 Å². The molecule has 8 heteroatoms. The second kappa shape index (κ2) is 6.18. The van der Waals surface area contributed by atoms with Crippen LogP contribution >= 0.6 is 39.1 Å². The summed E-state index contributed by atoms with van der Waals surface area (Å²) in [5, 5.41) is 18.5. The maximum Gasteiger partial charge on any atom is 0.259 e. The summed E-state index contributed by atoms with van der Waals surface area (Å²) in [5.41, 5.74) is 1.09. The third-order valence-corrected chi connectivity index (χ3v) is 3.43. The molecule has 0 saturated carbocycles. The lowest BCUT2D eigenvalue weighted by Crippen LogP contribution is -2.14. The Bertz CT molecular complexity index is 730. The Morgan fingerprint density at radius 2 is 2.05 bits per heavy atom. The van der Waals surface area contributed by atoms with Gasteiger partial charge in [-0.25, -0.2) is 0 Å². The summed E-state index contributed by atoms with van der Waals surface area (Å²) in [5.74, 6) is -0.475. The molecule has 1 N–H and O–H groups in total. The van der Waals surface area contributed by atoms with Crippen LogP contribution in [-0.4, -0.2) is 16.1 Å². The van der Waals surface area contributed by atoms with Crippen LogP contribution in [0.4, 0.5) is 5.69 Å². The lowest BCUT2D eigenvalue weighted by molar-refractivity contribution is 0.102. The number of nitrogens with zero attached hydrogens (tertiary/aromatic N) is 3. The monoisotopic (exact) mass is 370 g/mol. The Kier molecular flexibility index (Phi) is 4.55. The minimum absolute atomic E-state index is 0.0448. The van der Waals surface area contributed by atoms with E-state index in [9.17, 15) is 4.79 Å². The van der Waals surface area contributed by atoms with Gasteiger partial charge >= 0.3 is 0 Å². The van der Waals surface area contributed by atoms with Gasteiger partial charge in [-0.3, -0.25) is 4.79 Å². The van der Waals surface area contributed by atoms with Gasteiger partial charge in [0.15, 0.2) is 10.3 Å². The maximum atomic E-state index is 12.1. The highest BCUT2D eigenvalue weighted by molar-refractivity contribution is 9.10. The highest BCUT2D eigenvalue weighted by Crippen LogP contribution is 2.25. The number of anilines is 1. The van der Waals surface area contributed by atoms with Crippen molar-refractivity contribution >= 4 is 50.7 Å². The van der Waals surface area contributed by atoms with Gasteiger partial charge in [0, 0.05) is 4.47 Å². The molecule has 20 heavy (non-hydrogen) atoms. The summed E-state index contributed by atoms with van der Waals surface area (Å²) < 4.78 is 0.578. The van der Waals surface area contributed by atoms with Crippen molar-refractivity contribution in [2.75, 3.05) is 5.32 Å². The normalized spacial score (nSPS) is 9.90. The second-order valence-electron chi connectivity index (χ2n) is 3.63. The van der Waals surface area contributed by atoms with Crippen molar-refractivity contribution in [3.8, 4) is 6.07 Å². The first kappa shape index (κ1) is 14.7. The van der Waals surface area contributed by atoms with Crippen LogP contribution in [-0.2, 0) is 0 Å². The van der Waals surface area contributed by atoms with Gasteiger partial charge in [-0.05, 0) is 40.2 Å². The van der Waals surface area contributed by atoms with Crippen molar-refractivity contribution < 1.29 is 4.79 Å². The topological polar surface area (TPSA) is 78.7 Å². The molecule has 0 bridgehead atoms. The average Bonchev–Trinajstić information content (AvgIpc) is 2.43. The number of nitriles is 1. The van der Waals surface area contributed by atoms with E-state index in [1.165, 1.54) is 6.07 Å². The van der Waals surface area contributed by atoms with E-state index in [2.05, 4.69) is 31.4 Å². The summed E-state index contributed by atoms with van der Waals surface area (Å²) >= 11 is 14.7. The first-order chi connectivity index (χ1) is 9.51. The van der Waals surface area contributed by atoms with Crippen LogP contribution in [0.3, 0.4) is 0 Å². The average molecular weight is 372 g/mol. The van der Waals surface area contributed by atoms with Crippen LogP contribution in [0, 0.1) is 11.3 Å². The molecule has 1 aromatic carbocycles. The largest absolute Gasteiger partial charge is 0.321 e. The Labute approximate surface area is 132 Å². The Hall–Kier alpha value is -1.68. The number of aromatic nitrogens is 2. The predicted molar refractivity (Wildman–Crippen MR) is 78.9 cm³/mol. The minimum Gasteiger partial charge on any atom is -0.321 e. The summed E-state index contributed by atoms with van der Waals surface area (Å²) in [7, 11) is 0. The molecule has 0 aliphatic rings. The Morgan fingerprint density at radius 1 is 1.30 bits per heavy atom. The van der Waals surface area contributed by atoms with Gasteiger partial charge < -0.3 is 5.32 Å². The number of halogens is 3. The molecule has 5 nitrogen and oxygen atoms in total. The first-order valence-corrected chi connectivity index (χ1v) is 6.76. The highest BCUT2D eigenvalue weighted by Gasteiger charge is 2.14. The highest BCUT2D eigenvalue weighted by atomic mass is 79.9. The number of amides is 1. The summed E-state index contributed by atoms with van der Waals surface area (Å²) in [6.45, 7) is 0. The smallest absolute Gasteiger partial charge is 0.259 e. The van der Waals surface area contributed by atoms with Crippen molar-refractivity contribution in [3.05, 3.63) is 50.2 Å². The molecule has 1 amide bonds. The van der Waals surface area contributed by atoms with Gasteiger partial charge in [-0.15, -0.1) is 10.2 Å². The Balaban J connectivity index is 2.28. The van der Waals surface area contributed by atoms with E-state index in [4.69, 9.17) is 28.5 Å². The quantitative estimate of drug-likeness (QED) is 0.873. The van der Waals surface area contributed by atoms with Crippen LogP contribution < -0.4 is 5.32 Å². The number of nitrogens with one attached hydrogen (secondary N) is 1. The molecular formula is C12H5BrCl2N4O. The number of benzene rings is 1. The molecule has 0 radical (unpaired) electrons. The van der Waals surface area contributed by atoms with E-state index in [1.807, 2.05) is 6.07 Å². The predicted octanol–water partition coefficient (Wildman–Crippen LogP) is 3.67. The van der Waals surface area contributed by atoms with E-state index in [-0.39, 0.29) is 15.9 Å². The maximum absolute atomic E-state index is 12.1. The van der Waals surface area contributed by atoms with Crippen molar-refractivity contribution in [2.45, 2.75) is 0 Å². The van der Waals surface area contributed by atoms with Crippen LogP contribution in [0.15, 0.2) is 28.7 Å². The number of hydrogen-bond donors (Lipinski definition) is 1. The molecule has 100 valence electrons. The minimum atomic E-state index is -0.475. The first-order valence-electron chi connectivity index (χ1n) is 5.21. The van der Waals surface area contributed by atoms with Crippen LogP contribution in [0.5, 0.6) is 0 Å². The number of carbonyl (C=O) groups is 1.